The normalized spacial score (nSPS) is 23.4. The van der Waals surface area contributed by atoms with Gasteiger partial charge in [-0.1, -0.05) is 19.8 Å². The van der Waals surface area contributed by atoms with Crippen LogP contribution in [0.4, 0.5) is 19.0 Å². The van der Waals surface area contributed by atoms with E-state index in [1.54, 1.807) is 6.07 Å². The number of hydrogen-bond donors (Lipinski definition) is 1. The average Bonchev–Trinajstić information content (AvgIpc) is 2.81. The van der Waals surface area contributed by atoms with Crippen LogP contribution in [-0.2, 0) is 6.18 Å². The number of rotatable bonds is 2. The lowest BCUT2D eigenvalue weighted by Crippen LogP contribution is -2.27. The summed E-state index contributed by atoms with van der Waals surface area (Å²) in [5, 5.41) is 13.9. The van der Waals surface area contributed by atoms with Gasteiger partial charge >= 0.3 is 6.18 Å². The molecule has 0 unspecified atom stereocenters. The van der Waals surface area contributed by atoms with Gasteiger partial charge in [-0.3, -0.25) is 0 Å². The molecule has 0 radical (unpaired) electrons. The molecule has 0 amide bonds. The smallest absolute Gasteiger partial charge is 0.366 e. The Balaban J connectivity index is 1.86. The first kappa shape index (κ1) is 14.1. The van der Waals surface area contributed by atoms with Crippen LogP contribution in [-0.4, -0.2) is 25.9 Å². The van der Waals surface area contributed by atoms with Crippen LogP contribution in [0.5, 0.6) is 0 Å². The molecule has 1 aliphatic rings. The van der Waals surface area contributed by atoms with Gasteiger partial charge in [0, 0.05) is 6.04 Å². The molecular weight excluding hydrogens is 283 g/mol. The molecule has 2 aromatic rings. The molecule has 8 heteroatoms. The first-order valence-electron chi connectivity index (χ1n) is 6.99. The molecule has 1 aliphatic carbocycles. The third kappa shape index (κ3) is 2.93. The van der Waals surface area contributed by atoms with Gasteiger partial charge in [0.1, 0.15) is 5.82 Å². The summed E-state index contributed by atoms with van der Waals surface area (Å²) in [7, 11) is 0. The zero-order valence-corrected chi connectivity index (χ0v) is 11.6. The van der Waals surface area contributed by atoms with Crippen molar-refractivity contribution in [2.75, 3.05) is 5.32 Å². The minimum atomic E-state index is -4.57. The van der Waals surface area contributed by atoms with Crippen molar-refractivity contribution in [1.82, 2.24) is 19.8 Å². The molecule has 2 aromatic heterocycles. The molecule has 0 aromatic carbocycles. The van der Waals surface area contributed by atoms with E-state index >= 15 is 0 Å². The van der Waals surface area contributed by atoms with Crippen molar-refractivity contribution in [2.45, 2.75) is 44.8 Å². The molecule has 0 bridgehead atoms. The lowest BCUT2D eigenvalue weighted by Gasteiger charge is -2.27. The van der Waals surface area contributed by atoms with E-state index in [1.165, 1.54) is 12.5 Å². The maximum atomic E-state index is 12.8. The van der Waals surface area contributed by atoms with E-state index in [2.05, 4.69) is 27.5 Å². The Morgan fingerprint density at radius 3 is 2.76 bits per heavy atom. The van der Waals surface area contributed by atoms with Gasteiger partial charge in [0.15, 0.2) is 5.65 Å². The summed E-state index contributed by atoms with van der Waals surface area (Å²) in [6.07, 6.45) is -0.216. The minimum Gasteiger partial charge on any atom is -0.366 e. The first-order valence-corrected chi connectivity index (χ1v) is 6.99. The zero-order chi connectivity index (χ0) is 15.0. The van der Waals surface area contributed by atoms with Crippen molar-refractivity contribution in [3.63, 3.8) is 0 Å². The quantitative estimate of drug-likeness (QED) is 0.925. The number of halogens is 3. The molecule has 21 heavy (non-hydrogen) atoms. The molecule has 1 fully saturated rings. The summed E-state index contributed by atoms with van der Waals surface area (Å²) in [6, 6.07) is 3.39. The van der Waals surface area contributed by atoms with Gasteiger partial charge < -0.3 is 5.32 Å². The summed E-state index contributed by atoms with van der Waals surface area (Å²) in [6.45, 7) is 2.19. The molecule has 2 atom stereocenters. The highest BCUT2D eigenvalue weighted by molar-refractivity contribution is 5.44. The lowest BCUT2D eigenvalue weighted by molar-refractivity contribution is -0.146. The SMILES string of the molecule is C[C@H]1CCC[C@H](Nc2ccc3nnc(C(F)(F)F)n3n2)C1. The maximum absolute atomic E-state index is 12.8. The second kappa shape index (κ2) is 5.16. The zero-order valence-electron chi connectivity index (χ0n) is 11.6. The molecule has 1 saturated carbocycles. The van der Waals surface area contributed by atoms with Gasteiger partial charge in [-0.2, -0.15) is 17.7 Å². The fraction of sp³-hybridized carbons (Fsp3) is 0.615. The van der Waals surface area contributed by atoms with E-state index in [0.29, 0.717) is 11.7 Å². The summed E-state index contributed by atoms with van der Waals surface area (Å²) in [5.41, 5.74) is 0.0879. The predicted molar refractivity (Wildman–Crippen MR) is 70.8 cm³/mol. The van der Waals surface area contributed by atoms with Crippen molar-refractivity contribution in [3.05, 3.63) is 18.0 Å². The Bertz CT molecular complexity index is 636. The van der Waals surface area contributed by atoms with Crippen LogP contribution < -0.4 is 5.32 Å². The number of hydrogen-bond acceptors (Lipinski definition) is 4. The van der Waals surface area contributed by atoms with Crippen LogP contribution in [0.15, 0.2) is 12.1 Å². The van der Waals surface area contributed by atoms with E-state index in [1.807, 2.05) is 0 Å². The predicted octanol–water partition coefficient (Wildman–Crippen LogP) is 3.13. The summed E-state index contributed by atoms with van der Waals surface area (Å²) < 4.78 is 39.2. The third-order valence-electron chi connectivity index (χ3n) is 3.80. The summed E-state index contributed by atoms with van der Waals surface area (Å²) in [4.78, 5) is 0. The van der Waals surface area contributed by atoms with Crippen LogP contribution in [0.2, 0.25) is 0 Å². The summed E-state index contributed by atoms with van der Waals surface area (Å²) >= 11 is 0. The van der Waals surface area contributed by atoms with E-state index in [-0.39, 0.29) is 11.7 Å². The van der Waals surface area contributed by atoms with Gasteiger partial charge in [-0.15, -0.1) is 15.3 Å². The van der Waals surface area contributed by atoms with Crippen LogP contribution in [0.25, 0.3) is 5.65 Å². The number of nitrogens with zero attached hydrogens (tertiary/aromatic N) is 4. The number of anilines is 1. The Morgan fingerprint density at radius 2 is 2.05 bits per heavy atom. The van der Waals surface area contributed by atoms with Crippen molar-refractivity contribution in [2.24, 2.45) is 5.92 Å². The minimum absolute atomic E-state index is 0.0879. The Kier molecular flexibility index (Phi) is 3.46. The van der Waals surface area contributed by atoms with Gasteiger partial charge in [0.2, 0.25) is 0 Å². The standard InChI is InChI=1S/C13H16F3N5/c1-8-3-2-4-9(7-8)17-10-5-6-11-18-19-12(13(14,15)16)21(11)20-10/h5-6,8-9H,2-4,7H2,1H3,(H,17,20)/t8-,9-/m0/s1. The van der Waals surface area contributed by atoms with E-state index in [9.17, 15) is 13.2 Å². The van der Waals surface area contributed by atoms with Crippen LogP contribution in [0, 0.1) is 5.92 Å². The van der Waals surface area contributed by atoms with Gasteiger partial charge in [0.25, 0.3) is 5.82 Å². The molecule has 3 rings (SSSR count). The fourth-order valence-electron chi connectivity index (χ4n) is 2.82. The molecule has 0 saturated heterocycles. The lowest BCUT2D eigenvalue weighted by atomic mass is 9.87. The average molecular weight is 299 g/mol. The molecule has 114 valence electrons. The van der Waals surface area contributed by atoms with Gasteiger partial charge in [-0.05, 0) is 30.9 Å². The molecule has 0 aliphatic heterocycles. The maximum Gasteiger partial charge on any atom is 0.453 e. The van der Waals surface area contributed by atoms with E-state index in [4.69, 9.17) is 0 Å². The fourth-order valence-corrected chi connectivity index (χ4v) is 2.82. The number of alkyl halides is 3. The van der Waals surface area contributed by atoms with E-state index in [0.717, 1.165) is 23.8 Å². The summed E-state index contributed by atoms with van der Waals surface area (Å²) in [5.74, 6) is -0.0503. The largest absolute Gasteiger partial charge is 0.453 e. The molecular formula is C13H16F3N5. The van der Waals surface area contributed by atoms with Crippen LogP contribution in [0.1, 0.15) is 38.4 Å². The highest BCUT2D eigenvalue weighted by Crippen LogP contribution is 2.28. The second-order valence-electron chi connectivity index (χ2n) is 5.62. The number of nitrogens with one attached hydrogen (secondary N) is 1. The molecule has 0 spiro atoms. The highest BCUT2D eigenvalue weighted by atomic mass is 19.4. The first-order chi connectivity index (χ1) is 9.93. The molecule has 5 nitrogen and oxygen atoms in total. The molecule has 2 heterocycles. The second-order valence-corrected chi connectivity index (χ2v) is 5.62. The van der Waals surface area contributed by atoms with Gasteiger partial charge in [-0.25, -0.2) is 0 Å². The number of fused-ring (bicyclic) bond motifs is 1. The van der Waals surface area contributed by atoms with Crippen LogP contribution >= 0.6 is 0 Å². The third-order valence-corrected chi connectivity index (χ3v) is 3.80. The van der Waals surface area contributed by atoms with Crippen molar-refractivity contribution >= 4 is 11.5 Å². The van der Waals surface area contributed by atoms with Gasteiger partial charge in [0.05, 0.1) is 0 Å². The Labute approximate surface area is 119 Å². The number of aromatic nitrogens is 4. The van der Waals surface area contributed by atoms with Crippen molar-refractivity contribution < 1.29 is 13.2 Å². The van der Waals surface area contributed by atoms with Crippen molar-refractivity contribution in [1.29, 1.82) is 0 Å². The Morgan fingerprint density at radius 1 is 1.24 bits per heavy atom. The highest BCUT2D eigenvalue weighted by Gasteiger charge is 2.37. The monoisotopic (exact) mass is 299 g/mol. The molecule has 1 N–H and O–H groups in total. The van der Waals surface area contributed by atoms with Crippen molar-refractivity contribution in [3.8, 4) is 0 Å². The van der Waals surface area contributed by atoms with Crippen LogP contribution in [0.3, 0.4) is 0 Å². The topological polar surface area (TPSA) is 55.1 Å². The van der Waals surface area contributed by atoms with E-state index < -0.39 is 12.0 Å². The Hall–Kier alpha value is -1.86.